The second-order valence-corrected chi connectivity index (χ2v) is 16.6. The molecule has 9 rings (SSSR count). The van der Waals surface area contributed by atoms with Crippen LogP contribution in [0.1, 0.15) is 78.1 Å². The number of hydrogen-bond acceptors (Lipinski definition) is 11. The summed E-state index contributed by atoms with van der Waals surface area (Å²) < 4.78 is 18.7. The summed E-state index contributed by atoms with van der Waals surface area (Å²) in [6, 6.07) is 35.1. The molecule has 1 spiro atoms. The van der Waals surface area contributed by atoms with Gasteiger partial charge < -0.3 is 24.2 Å². The summed E-state index contributed by atoms with van der Waals surface area (Å²) in [5.41, 5.74) is 0.822. The SMILES string of the molecule is O=C1O[C@H](c2ccccc2)[C@H](c2ccccc2)N2[C@H]1[C@@H](C(=O)N1CCCCCCC1)[C@]1(C(=O)N(C(=O)OCc3ccc([N+](=O)[O-])cc3)c3ccccc31)[C@H]2c1ccccc1OCCO. The minimum absolute atomic E-state index is 0.0846. The van der Waals surface area contributed by atoms with E-state index in [1.807, 2.05) is 71.6 Å². The summed E-state index contributed by atoms with van der Waals surface area (Å²) in [6.07, 6.45) is 2.42. The summed E-state index contributed by atoms with van der Waals surface area (Å²) >= 11 is 0. The lowest BCUT2D eigenvalue weighted by molar-refractivity contribution is -0.384. The van der Waals surface area contributed by atoms with Gasteiger partial charge in [0, 0.05) is 30.8 Å². The molecule has 4 aliphatic rings. The van der Waals surface area contributed by atoms with Crippen LogP contribution in [0.25, 0.3) is 0 Å². The Morgan fingerprint density at radius 3 is 2.08 bits per heavy atom. The fourth-order valence-corrected chi connectivity index (χ4v) is 10.4. The van der Waals surface area contributed by atoms with Crippen LogP contribution in [-0.4, -0.2) is 76.1 Å². The largest absolute Gasteiger partial charge is 0.491 e. The monoisotopic (exact) mass is 864 g/mol. The van der Waals surface area contributed by atoms with Gasteiger partial charge in [0.25, 0.3) is 5.69 Å². The first kappa shape index (κ1) is 42.4. The van der Waals surface area contributed by atoms with Crippen molar-refractivity contribution in [3.05, 3.63) is 171 Å². The fraction of sp³-hybridized carbons (Fsp3) is 0.320. The van der Waals surface area contributed by atoms with Crippen LogP contribution in [0.4, 0.5) is 16.2 Å². The molecule has 0 bridgehead atoms. The lowest BCUT2D eigenvalue weighted by Gasteiger charge is -2.46. The number of fused-ring (bicyclic) bond motifs is 3. The highest BCUT2D eigenvalue weighted by atomic mass is 16.6. The first-order valence-corrected chi connectivity index (χ1v) is 21.8. The molecule has 14 nitrogen and oxygen atoms in total. The van der Waals surface area contributed by atoms with Gasteiger partial charge in [0.2, 0.25) is 11.8 Å². The maximum Gasteiger partial charge on any atom is 0.421 e. The molecule has 0 unspecified atom stereocenters. The summed E-state index contributed by atoms with van der Waals surface area (Å²) in [7, 11) is 0. The number of amides is 3. The predicted molar refractivity (Wildman–Crippen MR) is 234 cm³/mol. The van der Waals surface area contributed by atoms with Gasteiger partial charge in [-0.1, -0.05) is 116 Å². The number of aliphatic hydroxyl groups is 1. The third kappa shape index (κ3) is 7.35. The number of rotatable bonds is 10. The van der Waals surface area contributed by atoms with E-state index >= 15 is 14.4 Å². The van der Waals surface area contributed by atoms with E-state index in [0.29, 0.717) is 41.1 Å². The Morgan fingerprint density at radius 2 is 1.39 bits per heavy atom. The van der Waals surface area contributed by atoms with E-state index in [2.05, 4.69) is 0 Å². The number of nitro benzene ring substituents is 1. The summed E-state index contributed by atoms with van der Waals surface area (Å²) in [5, 5.41) is 21.4. The normalized spacial score (nSPS) is 24.3. The number of nitro groups is 1. The van der Waals surface area contributed by atoms with Crippen molar-refractivity contribution in [2.75, 3.05) is 31.2 Å². The van der Waals surface area contributed by atoms with Crippen LogP contribution in [0.2, 0.25) is 0 Å². The Labute approximate surface area is 370 Å². The highest BCUT2D eigenvalue weighted by Crippen LogP contribution is 2.66. The molecule has 5 aromatic carbocycles. The molecular formula is C50H48N4O10. The maximum absolute atomic E-state index is 16.4. The van der Waals surface area contributed by atoms with Crippen molar-refractivity contribution in [3.63, 3.8) is 0 Å². The first-order chi connectivity index (χ1) is 31.2. The van der Waals surface area contributed by atoms with E-state index in [1.54, 1.807) is 47.4 Å². The number of aliphatic hydroxyl groups excluding tert-OH is 1. The molecule has 5 aromatic rings. The van der Waals surface area contributed by atoms with E-state index in [9.17, 15) is 20.0 Å². The third-order valence-electron chi connectivity index (χ3n) is 13.1. The molecule has 0 aliphatic carbocycles. The number of non-ortho nitro benzene ring substituents is 1. The molecule has 328 valence electrons. The van der Waals surface area contributed by atoms with Crippen LogP contribution in [0.15, 0.2) is 133 Å². The molecule has 1 N–H and O–H groups in total. The molecular weight excluding hydrogens is 817 g/mol. The quantitative estimate of drug-likeness (QED) is 0.0828. The first-order valence-electron chi connectivity index (χ1n) is 21.8. The van der Waals surface area contributed by atoms with Crippen molar-refractivity contribution in [1.29, 1.82) is 0 Å². The molecule has 6 atom stereocenters. The van der Waals surface area contributed by atoms with Gasteiger partial charge in [0.15, 0.2) is 0 Å². The van der Waals surface area contributed by atoms with Crippen LogP contribution in [-0.2, 0) is 35.9 Å². The zero-order valence-electron chi connectivity index (χ0n) is 35.1. The molecule has 4 aliphatic heterocycles. The van der Waals surface area contributed by atoms with E-state index < -0.39 is 64.4 Å². The fourth-order valence-electron chi connectivity index (χ4n) is 10.4. The van der Waals surface area contributed by atoms with Crippen LogP contribution in [0.3, 0.4) is 0 Å². The summed E-state index contributed by atoms with van der Waals surface area (Å²) in [6.45, 7) is 0.124. The molecule has 14 heteroatoms. The summed E-state index contributed by atoms with van der Waals surface area (Å²) in [4.78, 5) is 77.8. The van der Waals surface area contributed by atoms with Gasteiger partial charge in [-0.3, -0.25) is 29.4 Å². The second kappa shape index (κ2) is 18.1. The number of para-hydroxylation sites is 2. The molecule has 0 aromatic heterocycles. The average Bonchev–Trinajstić information content (AvgIpc) is 3.77. The van der Waals surface area contributed by atoms with Gasteiger partial charge in [0.1, 0.15) is 36.5 Å². The van der Waals surface area contributed by atoms with Crippen molar-refractivity contribution >= 4 is 35.3 Å². The molecule has 4 heterocycles. The van der Waals surface area contributed by atoms with Crippen molar-refractivity contribution in [2.24, 2.45) is 5.92 Å². The van der Waals surface area contributed by atoms with E-state index in [0.717, 1.165) is 42.6 Å². The number of carbonyl (C=O) groups is 4. The number of morpholine rings is 1. The van der Waals surface area contributed by atoms with Gasteiger partial charge >= 0.3 is 12.1 Å². The zero-order chi connectivity index (χ0) is 44.4. The lowest BCUT2D eigenvalue weighted by atomic mass is 9.65. The van der Waals surface area contributed by atoms with Gasteiger partial charge in [0.05, 0.1) is 35.2 Å². The van der Waals surface area contributed by atoms with E-state index in [1.165, 1.54) is 24.3 Å². The topological polar surface area (TPSA) is 169 Å². The molecule has 3 saturated heterocycles. The van der Waals surface area contributed by atoms with Crippen molar-refractivity contribution in [3.8, 4) is 5.75 Å². The number of likely N-dealkylation sites (tertiary alicyclic amines) is 1. The molecule has 0 radical (unpaired) electrons. The smallest absolute Gasteiger partial charge is 0.421 e. The minimum Gasteiger partial charge on any atom is -0.491 e. The maximum atomic E-state index is 16.4. The number of nitrogens with zero attached hydrogens (tertiary/aromatic N) is 4. The number of cyclic esters (lactones) is 1. The van der Waals surface area contributed by atoms with Crippen molar-refractivity contribution in [2.45, 2.75) is 68.4 Å². The number of ether oxygens (including phenoxy) is 3. The Hall–Kier alpha value is -6.90. The number of hydrogen-bond donors (Lipinski definition) is 1. The van der Waals surface area contributed by atoms with E-state index in [-0.39, 0.29) is 31.2 Å². The predicted octanol–water partition coefficient (Wildman–Crippen LogP) is 7.76. The lowest BCUT2D eigenvalue weighted by Crippen LogP contribution is -2.56. The number of anilines is 1. The highest BCUT2D eigenvalue weighted by Gasteiger charge is 2.76. The number of benzene rings is 5. The Kier molecular flexibility index (Phi) is 12.0. The Morgan fingerprint density at radius 1 is 0.766 bits per heavy atom. The average molecular weight is 865 g/mol. The van der Waals surface area contributed by atoms with Gasteiger partial charge in [-0.05, 0) is 59.4 Å². The highest BCUT2D eigenvalue weighted by molar-refractivity contribution is 6.23. The van der Waals surface area contributed by atoms with Crippen molar-refractivity contribution in [1.82, 2.24) is 9.80 Å². The van der Waals surface area contributed by atoms with Crippen molar-refractivity contribution < 1.29 is 43.4 Å². The van der Waals surface area contributed by atoms with E-state index in [4.69, 9.17) is 14.2 Å². The standard InChI is InChI=1S/C50H48N4O10/c55-30-31-62-40-23-13-10-20-37(40)45-50(38-21-11-12-22-39(38)52(48(50)58)49(59)63-32-33-24-26-36(27-25-33)54(60)61)41(46(56)51-28-14-2-1-3-15-29-51)43-47(57)64-44(35-18-8-5-9-19-35)42(53(43)45)34-16-6-4-7-17-34/h4-13,16-27,41-45,55H,1-3,14-15,28-32H2/t41-,42-,43-,44+,45+,50-/m0/s1. The number of esters is 1. The third-order valence-corrected chi connectivity index (χ3v) is 13.1. The van der Waals surface area contributed by atoms with Crippen LogP contribution < -0.4 is 9.64 Å². The molecule has 3 amide bonds. The van der Waals surface area contributed by atoms with Gasteiger partial charge in [-0.25, -0.2) is 9.69 Å². The summed E-state index contributed by atoms with van der Waals surface area (Å²) in [5.74, 6) is -2.95. The van der Waals surface area contributed by atoms with Crippen LogP contribution in [0, 0.1) is 16.0 Å². The zero-order valence-corrected chi connectivity index (χ0v) is 35.1. The molecule has 3 fully saturated rings. The molecule has 64 heavy (non-hydrogen) atoms. The molecule has 0 saturated carbocycles. The minimum atomic E-state index is -1.97. The number of carbonyl (C=O) groups excluding carboxylic acids is 4. The second-order valence-electron chi connectivity index (χ2n) is 16.6. The Bertz CT molecular complexity index is 2530. The number of imide groups is 1. The Balaban J connectivity index is 1.29. The van der Waals surface area contributed by atoms with Gasteiger partial charge in [-0.15, -0.1) is 0 Å². The van der Waals surface area contributed by atoms with Gasteiger partial charge in [-0.2, -0.15) is 0 Å². The van der Waals surface area contributed by atoms with Crippen LogP contribution >= 0.6 is 0 Å². The van der Waals surface area contributed by atoms with Crippen LogP contribution in [0.5, 0.6) is 5.75 Å².